The Morgan fingerprint density at radius 3 is 2.83 bits per heavy atom. The lowest BCUT2D eigenvalue weighted by atomic mass is 9.77. The van der Waals surface area contributed by atoms with Gasteiger partial charge in [-0.25, -0.2) is 0 Å². The quantitative estimate of drug-likeness (QED) is 0.626. The van der Waals surface area contributed by atoms with Crippen LogP contribution >= 0.6 is 0 Å². The first-order valence-corrected chi connectivity index (χ1v) is 8.40. The standard InChI is InChI=1S/C19H21NO4/c1-12(2)23-18(22)15-14-8-9-19(24-14)11-20(17(21)16(15)19)10-13-6-4-3-5-7-13/h3-9,12,14-16H,10-11H2,1-2H3/t14-,15-,16-,19-/m0/s1. The van der Waals surface area contributed by atoms with Gasteiger partial charge in [0.15, 0.2) is 0 Å². The largest absolute Gasteiger partial charge is 0.463 e. The number of carbonyl (C=O) groups excluding carboxylic acids is 2. The van der Waals surface area contributed by atoms with Crippen LogP contribution in [0.15, 0.2) is 42.5 Å². The predicted molar refractivity (Wildman–Crippen MR) is 86.8 cm³/mol. The van der Waals surface area contributed by atoms with E-state index in [1.54, 1.807) is 4.90 Å². The minimum Gasteiger partial charge on any atom is -0.463 e. The molecular weight excluding hydrogens is 306 g/mol. The van der Waals surface area contributed by atoms with Crippen LogP contribution in [0.3, 0.4) is 0 Å². The molecule has 2 saturated heterocycles. The van der Waals surface area contributed by atoms with Crippen molar-refractivity contribution in [1.82, 2.24) is 4.90 Å². The van der Waals surface area contributed by atoms with Crippen molar-refractivity contribution in [2.45, 2.75) is 38.2 Å². The lowest BCUT2D eigenvalue weighted by Crippen LogP contribution is -2.40. The monoisotopic (exact) mass is 327 g/mol. The first-order valence-electron chi connectivity index (χ1n) is 8.40. The molecule has 0 aromatic heterocycles. The van der Waals surface area contributed by atoms with Gasteiger partial charge in [0.05, 0.1) is 24.7 Å². The summed E-state index contributed by atoms with van der Waals surface area (Å²) in [4.78, 5) is 27.3. The second-order valence-corrected chi connectivity index (χ2v) is 7.07. The highest BCUT2D eigenvalue weighted by atomic mass is 16.6. The second kappa shape index (κ2) is 5.45. The maximum atomic E-state index is 13.0. The van der Waals surface area contributed by atoms with Crippen LogP contribution in [0.4, 0.5) is 0 Å². The van der Waals surface area contributed by atoms with Gasteiger partial charge in [0.25, 0.3) is 0 Å². The zero-order valence-corrected chi connectivity index (χ0v) is 13.8. The summed E-state index contributed by atoms with van der Waals surface area (Å²) in [5, 5.41) is 0. The molecule has 1 aromatic carbocycles. The van der Waals surface area contributed by atoms with Gasteiger partial charge in [-0.05, 0) is 19.4 Å². The lowest BCUT2D eigenvalue weighted by molar-refractivity contribution is -0.157. The molecule has 3 aliphatic rings. The lowest BCUT2D eigenvalue weighted by Gasteiger charge is -2.23. The molecule has 126 valence electrons. The average molecular weight is 327 g/mol. The van der Waals surface area contributed by atoms with E-state index < -0.39 is 17.4 Å². The van der Waals surface area contributed by atoms with E-state index >= 15 is 0 Å². The van der Waals surface area contributed by atoms with Crippen molar-refractivity contribution in [2.24, 2.45) is 11.8 Å². The Kier molecular flexibility index (Phi) is 3.49. The molecule has 1 aromatic rings. The van der Waals surface area contributed by atoms with E-state index in [1.807, 2.05) is 56.3 Å². The minimum absolute atomic E-state index is 0.0172. The van der Waals surface area contributed by atoms with Crippen LogP contribution in [-0.2, 0) is 25.6 Å². The van der Waals surface area contributed by atoms with Gasteiger partial charge in [-0.2, -0.15) is 0 Å². The molecule has 4 rings (SSSR count). The number of nitrogens with zero attached hydrogens (tertiary/aromatic N) is 1. The van der Waals surface area contributed by atoms with Crippen LogP contribution in [0.5, 0.6) is 0 Å². The maximum Gasteiger partial charge on any atom is 0.313 e. The fraction of sp³-hybridized carbons (Fsp3) is 0.474. The number of benzene rings is 1. The molecule has 1 amide bonds. The summed E-state index contributed by atoms with van der Waals surface area (Å²) in [6, 6.07) is 9.86. The van der Waals surface area contributed by atoms with E-state index in [1.165, 1.54) is 0 Å². The molecule has 2 fully saturated rings. The van der Waals surface area contributed by atoms with Crippen molar-refractivity contribution in [3.05, 3.63) is 48.0 Å². The number of rotatable bonds is 4. The summed E-state index contributed by atoms with van der Waals surface area (Å²) in [6.45, 7) is 4.65. The maximum absolute atomic E-state index is 13.0. The summed E-state index contributed by atoms with van der Waals surface area (Å²) in [6.07, 6.45) is 3.32. The normalized spacial score (nSPS) is 33.4. The van der Waals surface area contributed by atoms with Crippen LogP contribution < -0.4 is 0 Å². The van der Waals surface area contributed by atoms with Crippen molar-refractivity contribution in [3.63, 3.8) is 0 Å². The van der Waals surface area contributed by atoms with Crippen LogP contribution in [-0.4, -0.2) is 41.1 Å². The van der Waals surface area contributed by atoms with E-state index in [4.69, 9.17) is 9.47 Å². The van der Waals surface area contributed by atoms with Gasteiger partial charge >= 0.3 is 5.97 Å². The van der Waals surface area contributed by atoms with Crippen LogP contribution in [0, 0.1) is 11.8 Å². The average Bonchev–Trinajstić information content (AvgIpc) is 3.16. The van der Waals surface area contributed by atoms with Crippen molar-refractivity contribution < 1.29 is 19.1 Å². The Bertz CT molecular complexity index is 699. The van der Waals surface area contributed by atoms with Crippen molar-refractivity contribution in [1.29, 1.82) is 0 Å². The van der Waals surface area contributed by atoms with Crippen molar-refractivity contribution in [3.8, 4) is 0 Å². The fourth-order valence-electron chi connectivity index (χ4n) is 4.10. The first-order chi connectivity index (χ1) is 11.5. The number of esters is 1. The van der Waals surface area contributed by atoms with E-state index in [0.717, 1.165) is 5.56 Å². The fourth-order valence-corrected chi connectivity index (χ4v) is 4.10. The van der Waals surface area contributed by atoms with Gasteiger partial charge < -0.3 is 14.4 Å². The Hall–Kier alpha value is -2.14. The first kappa shape index (κ1) is 15.4. The highest BCUT2D eigenvalue weighted by Gasteiger charge is 2.67. The number of hydrogen-bond acceptors (Lipinski definition) is 4. The summed E-state index contributed by atoms with van der Waals surface area (Å²) < 4.78 is 11.4. The van der Waals surface area contributed by atoms with Crippen molar-refractivity contribution >= 4 is 11.9 Å². The Morgan fingerprint density at radius 1 is 1.38 bits per heavy atom. The molecule has 2 bridgehead atoms. The zero-order valence-electron chi connectivity index (χ0n) is 13.8. The zero-order chi connectivity index (χ0) is 16.9. The van der Waals surface area contributed by atoms with Gasteiger partial charge in [-0.15, -0.1) is 0 Å². The third-order valence-electron chi connectivity index (χ3n) is 5.02. The molecule has 4 atom stereocenters. The van der Waals surface area contributed by atoms with Gasteiger partial charge in [-0.3, -0.25) is 9.59 Å². The third kappa shape index (κ3) is 2.26. The summed E-state index contributed by atoms with van der Waals surface area (Å²) in [5.74, 6) is -1.36. The molecular formula is C19H21NO4. The smallest absolute Gasteiger partial charge is 0.313 e. The van der Waals surface area contributed by atoms with Gasteiger partial charge in [0.1, 0.15) is 11.5 Å². The van der Waals surface area contributed by atoms with Gasteiger partial charge in [0.2, 0.25) is 5.91 Å². The van der Waals surface area contributed by atoms with Gasteiger partial charge in [0, 0.05) is 6.54 Å². The predicted octanol–water partition coefficient (Wildman–Crippen LogP) is 1.92. The molecule has 5 heteroatoms. The summed E-state index contributed by atoms with van der Waals surface area (Å²) in [5.41, 5.74) is 0.402. The molecule has 0 radical (unpaired) electrons. The van der Waals surface area contributed by atoms with E-state index in [-0.39, 0.29) is 24.1 Å². The molecule has 1 spiro atoms. The van der Waals surface area contributed by atoms with Crippen LogP contribution in [0.1, 0.15) is 19.4 Å². The van der Waals surface area contributed by atoms with Crippen LogP contribution in [0.25, 0.3) is 0 Å². The SMILES string of the molecule is CC(C)OC(=O)[C@H]1[C@@H]2C=C[C@@]3(CN(Cc4ccccc4)C(=O)[C@H]13)O2. The van der Waals surface area contributed by atoms with E-state index in [0.29, 0.717) is 13.1 Å². The van der Waals surface area contributed by atoms with Crippen LogP contribution in [0.2, 0.25) is 0 Å². The highest BCUT2D eigenvalue weighted by molar-refractivity contribution is 5.91. The molecule has 0 unspecified atom stereocenters. The molecule has 5 nitrogen and oxygen atoms in total. The third-order valence-corrected chi connectivity index (χ3v) is 5.02. The topological polar surface area (TPSA) is 55.8 Å². The number of amides is 1. The molecule has 0 saturated carbocycles. The minimum atomic E-state index is -0.669. The molecule has 3 aliphatic heterocycles. The molecule has 0 aliphatic carbocycles. The Balaban J connectivity index is 1.58. The Morgan fingerprint density at radius 2 is 2.12 bits per heavy atom. The number of ether oxygens (including phenoxy) is 2. The second-order valence-electron chi connectivity index (χ2n) is 7.07. The summed E-state index contributed by atoms with van der Waals surface area (Å²) >= 11 is 0. The molecule has 0 N–H and O–H groups in total. The number of hydrogen-bond donors (Lipinski definition) is 0. The Labute approximate surface area is 141 Å². The molecule has 24 heavy (non-hydrogen) atoms. The summed E-state index contributed by atoms with van der Waals surface area (Å²) in [7, 11) is 0. The van der Waals surface area contributed by atoms with E-state index in [2.05, 4.69) is 0 Å². The number of carbonyl (C=O) groups is 2. The number of likely N-dealkylation sites (tertiary alicyclic amines) is 1. The van der Waals surface area contributed by atoms with Gasteiger partial charge in [-0.1, -0.05) is 42.5 Å². The van der Waals surface area contributed by atoms with Crippen molar-refractivity contribution in [2.75, 3.05) is 6.54 Å². The number of fused-ring (bicyclic) bond motifs is 1. The highest BCUT2D eigenvalue weighted by Crippen LogP contribution is 2.52. The van der Waals surface area contributed by atoms with E-state index in [9.17, 15) is 9.59 Å². The molecule has 3 heterocycles.